The topological polar surface area (TPSA) is 58.9 Å². The summed E-state index contributed by atoms with van der Waals surface area (Å²) in [5.74, 6) is 1.76. The second-order valence-electron chi connectivity index (χ2n) is 5.17. The lowest BCUT2D eigenvalue weighted by Gasteiger charge is -2.13. The molecule has 0 amide bonds. The van der Waals surface area contributed by atoms with E-state index < -0.39 is 0 Å². The van der Waals surface area contributed by atoms with Crippen LogP contribution in [-0.2, 0) is 13.0 Å². The van der Waals surface area contributed by atoms with Crippen LogP contribution in [-0.4, -0.2) is 51.8 Å². The molecule has 6 heteroatoms. The van der Waals surface area contributed by atoms with Gasteiger partial charge in [-0.25, -0.2) is 9.97 Å². The molecule has 0 aliphatic carbocycles. The predicted molar refractivity (Wildman–Crippen MR) is 82.2 cm³/mol. The van der Waals surface area contributed by atoms with Crippen molar-refractivity contribution >= 4 is 16.9 Å². The van der Waals surface area contributed by atoms with Crippen LogP contribution in [0.3, 0.4) is 0 Å². The van der Waals surface area contributed by atoms with E-state index in [0.29, 0.717) is 0 Å². The van der Waals surface area contributed by atoms with E-state index in [4.69, 9.17) is 0 Å². The van der Waals surface area contributed by atoms with Crippen molar-refractivity contribution in [1.82, 2.24) is 24.6 Å². The van der Waals surface area contributed by atoms with Crippen LogP contribution >= 0.6 is 0 Å². The number of nitrogens with one attached hydrogen (secondary N) is 1. The molecule has 2 aromatic heterocycles. The zero-order valence-corrected chi connectivity index (χ0v) is 13.1. The summed E-state index contributed by atoms with van der Waals surface area (Å²) in [6.45, 7) is 8.81. The summed E-state index contributed by atoms with van der Waals surface area (Å²) >= 11 is 0. The Hall–Kier alpha value is -1.69. The molecule has 2 aromatic rings. The summed E-state index contributed by atoms with van der Waals surface area (Å²) in [6, 6.07) is 0. The van der Waals surface area contributed by atoms with Gasteiger partial charge in [-0.1, -0.05) is 6.92 Å². The molecule has 0 saturated heterocycles. The first-order valence-corrected chi connectivity index (χ1v) is 7.19. The Morgan fingerprint density at radius 2 is 1.95 bits per heavy atom. The quantitative estimate of drug-likeness (QED) is 0.870. The summed E-state index contributed by atoms with van der Waals surface area (Å²) < 4.78 is 1.97. The molecule has 0 saturated carbocycles. The molecule has 20 heavy (non-hydrogen) atoms. The highest BCUT2D eigenvalue weighted by Crippen LogP contribution is 2.23. The highest BCUT2D eigenvalue weighted by molar-refractivity contribution is 5.87. The number of anilines is 1. The molecule has 0 radical (unpaired) electrons. The van der Waals surface area contributed by atoms with Crippen LogP contribution in [0.1, 0.15) is 25.4 Å². The Kier molecular flexibility index (Phi) is 4.54. The summed E-state index contributed by atoms with van der Waals surface area (Å²) in [7, 11) is 4.13. The van der Waals surface area contributed by atoms with Crippen LogP contribution < -0.4 is 5.32 Å². The van der Waals surface area contributed by atoms with Gasteiger partial charge in [0.05, 0.1) is 5.69 Å². The molecule has 0 spiro atoms. The van der Waals surface area contributed by atoms with Gasteiger partial charge in [-0.3, -0.25) is 4.68 Å². The van der Waals surface area contributed by atoms with E-state index in [0.717, 1.165) is 54.4 Å². The largest absolute Gasteiger partial charge is 0.367 e. The lowest BCUT2D eigenvalue weighted by molar-refractivity contribution is 0.425. The molecule has 2 rings (SSSR count). The molecule has 0 aromatic carbocycles. The maximum Gasteiger partial charge on any atom is 0.156 e. The van der Waals surface area contributed by atoms with E-state index in [1.165, 1.54) is 0 Å². The minimum atomic E-state index is 0.821. The Morgan fingerprint density at radius 1 is 1.20 bits per heavy atom. The second kappa shape index (κ2) is 6.17. The molecular formula is C14H24N6. The van der Waals surface area contributed by atoms with Gasteiger partial charge >= 0.3 is 0 Å². The number of fused-ring (bicyclic) bond motifs is 1. The Morgan fingerprint density at radius 3 is 2.55 bits per heavy atom. The fourth-order valence-corrected chi connectivity index (χ4v) is 2.18. The molecule has 6 nitrogen and oxygen atoms in total. The first-order valence-electron chi connectivity index (χ1n) is 7.19. The standard InChI is InChI=1S/C14H24N6/c1-6-11-16-12-10(3)18-20(7-2)13(12)14(17-11)15-8-9-19(4)5/h6-9H2,1-5H3,(H,15,16,17). The summed E-state index contributed by atoms with van der Waals surface area (Å²) in [5, 5.41) is 7.98. The highest BCUT2D eigenvalue weighted by atomic mass is 15.3. The number of aromatic nitrogens is 4. The van der Waals surface area contributed by atoms with Gasteiger partial charge in [-0.05, 0) is 27.9 Å². The van der Waals surface area contributed by atoms with Gasteiger partial charge in [0.1, 0.15) is 16.9 Å². The highest BCUT2D eigenvalue weighted by Gasteiger charge is 2.15. The SMILES string of the molecule is CCc1nc(NCCN(C)C)c2c(n1)c(C)nn2CC. The maximum atomic E-state index is 4.64. The number of hydrogen-bond acceptors (Lipinski definition) is 5. The van der Waals surface area contributed by atoms with Crippen molar-refractivity contribution in [1.29, 1.82) is 0 Å². The van der Waals surface area contributed by atoms with E-state index in [-0.39, 0.29) is 0 Å². The molecule has 0 fully saturated rings. The van der Waals surface area contributed by atoms with Crippen molar-refractivity contribution < 1.29 is 0 Å². The first-order chi connectivity index (χ1) is 9.56. The lowest BCUT2D eigenvalue weighted by atomic mass is 10.3. The third-order valence-corrected chi connectivity index (χ3v) is 3.27. The third-order valence-electron chi connectivity index (χ3n) is 3.27. The average Bonchev–Trinajstić information content (AvgIpc) is 2.75. The van der Waals surface area contributed by atoms with Crippen LogP contribution in [0, 0.1) is 6.92 Å². The van der Waals surface area contributed by atoms with Crippen LogP contribution in [0.4, 0.5) is 5.82 Å². The molecule has 0 aliphatic heterocycles. The van der Waals surface area contributed by atoms with Crippen molar-refractivity contribution in [3.8, 4) is 0 Å². The van der Waals surface area contributed by atoms with Gasteiger partial charge in [0, 0.05) is 26.1 Å². The monoisotopic (exact) mass is 276 g/mol. The van der Waals surface area contributed by atoms with Gasteiger partial charge in [-0.15, -0.1) is 0 Å². The van der Waals surface area contributed by atoms with Crippen LogP contribution in [0.5, 0.6) is 0 Å². The Balaban J connectivity index is 2.43. The molecule has 110 valence electrons. The van der Waals surface area contributed by atoms with E-state index in [1.807, 2.05) is 11.6 Å². The summed E-state index contributed by atoms with van der Waals surface area (Å²) in [4.78, 5) is 11.4. The number of likely N-dealkylation sites (N-methyl/N-ethyl adjacent to an activating group) is 1. The van der Waals surface area contributed by atoms with Gasteiger partial charge in [0.15, 0.2) is 5.82 Å². The lowest BCUT2D eigenvalue weighted by Crippen LogP contribution is -2.21. The Labute approximate surface area is 120 Å². The van der Waals surface area contributed by atoms with Crippen molar-refractivity contribution in [2.75, 3.05) is 32.5 Å². The van der Waals surface area contributed by atoms with Gasteiger partial charge in [-0.2, -0.15) is 5.10 Å². The van der Waals surface area contributed by atoms with Crippen molar-refractivity contribution in [2.24, 2.45) is 0 Å². The first kappa shape index (κ1) is 14.7. The third kappa shape index (κ3) is 2.90. The zero-order chi connectivity index (χ0) is 14.7. The second-order valence-corrected chi connectivity index (χ2v) is 5.17. The van der Waals surface area contributed by atoms with E-state index in [1.54, 1.807) is 0 Å². The van der Waals surface area contributed by atoms with Gasteiger partial charge < -0.3 is 10.2 Å². The minimum Gasteiger partial charge on any atom is -0.367 e. The smallest absolute Gasteiger partial charge is 0.156 e. The summed E-state index contributed by atoms with van der Waals surface area (Å²) in [5.41, 5.74) is 2.95. The van der Waals surface area contributed by atoms with Crippen LogP contribution in [0.15, 0.2) is 0 Å². The predicted octanol–water partition coefficient (Wildman–Crippen LogP) is 1.69. The number of aryl methyl sites for hydroxylation is 3. The van der Waals surface area contributed by atoms with E-state index in [9.17, 15) is 0 Å². The van der Waals surface area contributed by atoms with Gasteiger partial charge in [0.25, 0.3) is 0 Å². The number of nitrogens with zero attached hydrogens (tertiary/aromatic N) is 5. The molecule has 0 atom stereocenters. The molecule has 0 bridgehead atoms. The number of rotatable bonds is 6. The van der Waals surface area contributed by atoms with Crippen molar-refractivity contribution in [3.63, 3.8) is 0 Å². The molecule has 0 aliphatic rings. The number of hydrogen-bond donors (Lipinski definition) is 1. The Bertz CT molecular complexity index is 587. The minimum absolute atomic E-state index is 0.821. The van der Waals surface area contributed by atoms with Gasteiger partial charge in [0.2, 0.25) is 0 Å². The molecule has 2 heterocycles. The molecular weight excluding hydrogens is 252 g/mol. The maximum absolute atomic E-state index is 4.64. The fourth-order valence-electron chi connectivity index (χ4n) is 2.18. The summed E-state index contributed by atoms with van der Waals surface area (Å²) in [6.07, 6.45) is 0.828. The van der Waals surface area contributed by atoms with E-state index in [2.05, 4.69) is 53.2 Å². The zero-order valence-electron chi connectivity index (χ0n) is 13.1. The van der Waals surface area contributed by atoms with E-state index >= 15 is 0 Å². The van der Waals surface area contributed by atoms with Crippen LogP contribution in [0.25, 0.3) is 11.0 Å². The van der Waals surface area contributed by atoms with Crippen molar-refractivity contribution in [3.05, 3.63) is 11.5 Å². The molecule has 0 unspecified atom stereocenters. The van der Waals surface area contributed by atoms with Crippen molar-refractivity contribution in [2.45, 2.75) is 33.7 Å². The average molecular weight is 276 g/mol. The molecule has 1 N–H and O–H groups in total. The van der Waals surface area contributed by atoms with Crippen LogP contribution in [0.2, 0.25) is 0 Å². The normalized spacial score (nSPS) is 11.5. The fraction of sp³-hybridized carbons (Fsp3) is 0.643.